The Bertz CT molecular complexity index is 809. The van der Waals surface area contributed by atoms with Gasteiger partial charge in [-0.2, -0.15) is 5.10 Å². The number of carbonyl (C=O) groups is 1. The molecule has 1 unspecified atom stereocenters. The summed E-state index contributed by atoms with van der Waals surface area (Å²) in [4.78, 5) is 20.2. The average molecular weight is 402 g/mol. The number of hydrogen-bond donors (Lipinski definition) is 2. The number of aromatic nitrogens is 1. The van der Waals surface area contributed by atoms with Crippen LogP contribution in [0.15, 0.2) is 22.4 Å². The van der Waals surface area contributed by atoms with E-state index in [0.717, 1.165) is 30.6 Å². The molecule has 1 aromatic rings. The molecule has 0 aromatic carbocycles. The second kappa shape index (κ2) is 11.8. The lowest BCUT2D eigenvalue weighted by Crippen LogP contribution is -2.26. The number of rotatable bonds is 6. The lowest BCUT2D eigenvalue weighted by Gasteiger charge is -2.20. The molecule has 1 amide bonds. The molecule has 158 valence electrons. The van der Waals surface area contributed by atoms with E-state index in [-0.39, 0.29) is 20.2 Å². The first kappa shape index (κ1) is 22.4. The van der Waals surface area contributed by atoms with Gasteiger partial charge in [0.2, 0.25) is 0 Å². The number of aliphatic imine (C=N–C) groups is 1. The van der Waals surface area contributed by atoms with Gasteiger partial charge in [-0.25, -0.2) is 4.79 Å². The number of nitrogens with zero attached hydrogens (tertiary/aromatic N) is 3. The summed E-state index contributed by atoms with van der Waals surface area (Å²) in [7, 11) is 0. The number of amides is 1. The van der Waals surface area contributed by atoms with Crippen molar-refractivity contribution in [2.75, 3.05) is 19.7 Å². The van der Waals surface area contributed by atoms with Crippen molar-refractivity contribution in [3.05, 3.63) is 29.1 Å². The number of carbonyl (C=O) groups excluding carboxylic acids is 1. The van der Waals surface area contributed by atoms with Gasteiger partial charge in [0.1, 0.15) is 5.71 Å². The molecule has 0 bridgehead atoms. The van der Waals surface area contributed by atoms with Gasteiger partial charge in [-0.05, 0) is 51.7 Å². The highest BCUT2D eigenvalue weighted by Crippen LogP contribution is 2.13. The van der Waals surface area contributed by atoms with Gasteiger partial charge >= 0.3 is 6.09 Å². The molecule has 0 radical (unpaired) electrons. The number of nitrogens with two attached hydrogens (primary N) is 1. The smallest absolute Gasteiger partial charge is 0.408 e. The minimum atomic E-state index is -0.485. The third-order valence-corrected chi connectivity index (χ3v) is 4.15. The van der Waals surface area contributed by atoms with Gasteiger partial charge in [-0.3, -0.25) is 9.98 Å². The summed E-state index contributed by atoms with van der Waals surface area (Å²) in [6.45, 7) is 7.07. The van der Waals surface area contributed by atoms with E-state index in [4.69, 9.17) is 15.3 Å². The quantitative estimate of drug-likeness (QED) is 0.329. The second-order valence-corrected chi connectivity index (χ2v) is 7.00. The summed E-state index contributed by atoms with van der Waals surface area (Å²) < 4.78 is 10.6. The van der Waals surface area contributed by atoms with Crippen LogP contribution in [0.5, 0.6) is 0 Å². The van der Waals surface area contributed by atoms with Gasteiger partial charge < -0.3 is 20.6 Å². The molecule has 1 aliphatic heterocycles. The first-order valence-corrected chi connectivity index (χ1v) is 9.79. The SMILES string of the molecule is Cc1cc(C#CCNC(=O)OC(C)C)cnc1/C(C=NCC1CCCCO1)=N/N.[HH]. The van der Waals surface area contributed by atoms with E-state index in [1.54, 1.807) is 26.3 Å². The maximum atomic E-state index is 11.4. The molecular weight excluding hydrogens is 370 g/mol. The topological polar surface area (TPSA) is 111 Å². The van der Waals surface area contributed by atoms with Crippen molar-refractivity contribution in [3.8, 4) is 11.8 Å². The number of hydrazone groups is 1. The van der Waals surface area contributed by atoms with Gasteiger partial charge in [-0.15, -0.1) is 0 Å². The van der Waals surface area contributed by atoms with Crippen LogP contribution in [0.25, 0.3) is 0 Å². The van der Waals surface area contributed by atoms with Crippen LogP contribution in [0.3, 0.4) is 0 Å². The standard InChI is InChI=1S/C21H29N5O3.H2/c1-15(2)29-21(27)24-9-6-7-17-11-16(3)20(25-12-17)19(26-22)14-23-13-18-8-4-5-10-28-18;/h11-12,14-15,18H,4-5,8-10,13,22H2,1-3H3,(H,24,27);1H/b23-14?,26-19+;. The van der Waals surface area contributed by atoms with E-state index in [0.29, 0.717) is 18.0 Å². The summed E-state index contributed by atoms with van der Waals surface area (Å²) in [5, 5.41) is 6.39. The van der Waals surface area contributed by atoms with Crippen LogP contribution in [0.2, 0.25) is 0 Å². The van der Waals surface area contributed by atoms with Crippen molar-refractivity contribution in [2.24, 2.45) is 15.9 Å². The largest absolute Gasteiger partial charge is 0.447 e. The van der Waals surface area contributed by atoms with Gasteiger partial charge in [-0.1, -0.05) is 11.8 Å². The molecular formula is C21H31N5O3. The van der Waals surface area contributed by atoms with Crippen molar-refractivity contribution in [1.29, 1.82) is 0 Å². The fourth-order valence-corrected chi connectivity index (χ4v) is 2.79. The number of aryl methyl sites for hydroxylation is 1. The third kappa shape index (κ3) is 7.92. The van der Waals surface area contributed by atoms with Crippen LogP contribution in [0.4, 0.5) is 4.79 Å². The number of alkyl carbamates (subject to hydrolysis) is 1. The van der Waals surface area contributed by atoms with E-state index >= 15 is 0 Å². The molecule has 0 aliphatic carbocycles. The van der Waals surface area contributed by atoms with Crippen molar-refractivity contribution in [1.82, 2.24) is 10.3 Å². The molecule has 1 aliphatic rings. The van der Waals surface area contributed by atoms with Crippen LogP contribution >= 0.6 is 0 Å². The van der Waals surface area contributed by atoms with E-state index in [1.807, 2.05) is 13.0 Å². The minimum Gasteiger partial charge on any atom is -0.447 e. The molecule has 29 heavy (non-hydrogen) atoms. The molecule has 0 spiro atoms. The third-order valence-electron chi connectivity index (χ3n) is 4.15. The Labute approximate surface area is 173 Å². The highest BCUT2D eigenvalue weighted by Gasteiger charge is 2.13. The van der Waals surface area contributed by atoms with E-state index in [9.17, 15) is 4.79 Å². The van der Waals surface area contributed by atoms with Crippen molar-refractivity contribution >= 4 is 18.0 Å². The zero-order chi connectivity index (χ0) is 21.1. The van der Waals surface area contributed by atoms with Crippen LogP contribution in [-0.2, 0) is 9.47 Å². The maximum absolute atomic E-state index is 11.4. The Morgan fingerprint density at radius 1 is 1.55 bits per heavy atom. The van der Waals surface area contributed by atoms with E-state index in [1.165, 1.54) is 6.42 Å². The van der Waals surface area contributed by atoms with Crippen molar-refractivity contribution < 1.29 is 15.7 Å². The maximum Gasteiger partial charge on any atom is 0.408 e. The second-order valence-electron chi connectivity index (χ2n) is 7.00. The average Bonchev–Trinajstić information content (AvgIpc) is 2.69. The number of pyridine rings is 1. The zero-order valence-electron chi connectivity index (χ0n) is 17.3. The Kier molecular flexibility index (Phi) is 9.12. The van der Waals surface area contributed by atoms with E-state index in [2.05, 4.69) is 32.2 Å². The summed E-state index contributed by atoms with van der Waals surface area (Å²) in [5.41, 5.74) is 2.78. The predicted octanol–water partition coefficient (Wildman–Crippen LogP) is 2.42. The molecule has 1 atom stereocenters. The molecule has 1 fully saturated rings. The molecule has 2 rings (SSSR count). The van der Waals surface area contributed by atoms with E-state index < -0.39 is 6.09 Å². The molecule has 1 saturated heterocycles. The first-order chi connectivity index (χ1) is 14.0. The highest BCUT2D eigenvalue weighted by molar-refractivity contribution is 6.37. The van der Waals surface area contributed by atoms with Crippen LogP contribution in [0, 0.1) is 18.8 Å². The number of hydrogen-bond acceptors (Lipinski definition) is 7. The molecule has 0 saturated carbocycles. The first-order valence-electron chi connectivity index (χ1n) is 9.79. The summed E-state index contributed by atoms with van der Waals surface area (Å²) in [6, 6.07) is 1.89. The fraction of sp³-hybridized carbons (Fsp3) is 0.524. The Balaban J connectivity index is 0.00000450. The van der Waals surface area contributed by atoms with Crippen LogP contribution < -0.4 is 11.2 Å². The van der Waals surface area contributed by atoms with Gasteiger partial charge in [0.05, 0.1) is 37.2 Å². The molecule has 1 aromatic heterocycles. The molecule has 8 heteroatoms. The van der Waals surface area contributed by atoms with Gasteiger partial charge in [0.25, 0.3) is 0 Å². The predicted molar refractivity (Wildman–Crippen MR) is 115 cm³/mol. The Morgan fingerprint density at radius 3 is 3.03 bits per heavy atom. The Hall–Kier alpha value is -2.92. The Morgan fingerprint density at radius 2 is 2.38 bits per heavy atom. The minimum absolute atomic E-state index is 0. The summed E-state index contributed by atoms with van der Waals surface area (Å²) in [5.74, 6) is 11.4. The van der Waals surface area contributed by atoms with Crippen molar-refractivity contribution in [2.45, 2.75) is 52.2 Å². The van der Waals surface area contributed by atoms with Crippen molar-refractivity contribution in [3.63, 3.8) is 0 Å². The highest BCUT2D eigenvalue weighted by atomic mass is 16.6. The van der Waals surface area contributed by atoms with Crippen LogP contribution in [0.1, 0.15) is 51.4 Å². The zero-order valence-corrected chi connectivity index (χ0v) is 17.3. The summed E-state index contributed by atoms with van der Waals surface area (Å²) in [6.07, 6.45) is 6.12. The van der Waals surface area contributed by atoms with Gasteiger partial charge in [0, 0.05) is 19.8 Å². The molecule has 3 N–H and O–H groups in total. The normalized spacial score (nSPS) is 17.1. The monoisotopic (exact) mass is 401 g/mol. The van der Waals surface area contributed by atoms with Gasteiger partial charge in [0.15, 0.2) is 0 Å². The number of nitrogens with one attached hydrogen (secondary N) is 1. The lowest BCUT2D eigenvalue weighted by molar-refractivity contribution is 0.0226. The fourth-order valence-electron chi connectivity index (χ4n) is 2.79. The lowest BCUT2D eigenvalue weighted by atomic mass is 10.1. The number of ether oxygens (including phenoxy) is 2. The molecule has 2 heterocycles. The van der Waals surface area contributed by atoms with Crippen LogP contribution in [-0.4, -0.2) is 54.9 Å². The molecule has 8 nitrogen and oxygen atoms in total. The summed E-state index contributed by atoms with van der Waals surface area (Å²) >= 11 is 0.